The minimum Gasteiger partial charge on any atom is -0.309 e. The summed E-state index contributed by atoms with van der Waals surface area (Å²) < 4.78 is 0. The molecule has 1 aromatic heterocycles. The molecule has 0 radical (unpaired) electrons. The maximum absolute atomic E-state index is 10.5. The maximum atomic E-state index is 10.5. The Balaban J connectivity index is 2.33. The highest BCUT2D eigenvalue weighted by Gasteiger charge is 2.10. The zero-order valence-electron chi connectivity index (χ0n) is 9.43. The molecular formula is C10H16N2O2S2. The SMILES string of the molecule is CCSCC(C)NCc1ccc([N+](=O)[O-])s1. The number of nitrogens with zero attached hydrogens (tertiary/aromatic N) is 1. The van der Waals surface area contributed by atoms with E-state index in [4.69, 9.17) is 0 Å². The van der Waals surface area contributed by atoms with Crippen LogP contribution >= 0.6 is 23.1 Å². The zero-order valence-corrected chi connectivity index (χ0v) is 11.1. The van der Waals surface area contributed by atoms with Gasteiger partial charge in [-0.15, -0.1) is 0 Å². The predicted octanol–water partition coefficient (Wildman–Crippen LogP) is 2.89. The summed E-state index contributed by atoms with van der Waals surface area (Å²) in [6.45, 7) is 4.98. The summed E-state index contributed by atoms with van der Waals surface area (Å²) in [4.78, 5) is 11.2. The third-order valence-corrected chi connectivity index (χ3v) is 4.20. The number of thioether (sulfide) groups is 1. The van der Waals surface area contributed by atoms with Crippen LogP contribution in [0.2, 0.25) is 0 Å². The van der Waals surface area contributed by atoms with Crippen molar-refractivity contribution in [1.29, 1.82) is 0 Å². The molecule has 1 heterocycles. The van der Waals surface area contributed by atoms with Gasteiger partial charge in [-0.3, -0.25) is 10.1 Å². The molecule has 1 aromatic rings. The van der Waals surface area contributed by atoms with Crippen LogP contribution in [0.25, 0.3) is 0 Å². The smallest absolute Gasteiger partial charge is 0.309 e. The van der Waals surface area contributed by atoms with Crippen molar-refractivity contribution in [3.8, 4) is 0 Å². The molecule has 0 saturated heterocycles. The average Bonchev–Trinajstić information content (AvgIpc) is 2.72. The Morgan fingerprint density at radius 3 is 2.94 bits per heavy atom. The number of nitrogens with one attached hydrogen (secondary N) is 1. The van der Waals surface area contributed by atoms with Crippen molar-refractivity contribution in [2.45, 2.75) is 26.4 Å². The van der Waals surface area contributed by atoms with Gasteiger partial charge in [0.15, 0.2) is 0 Å². The highest BCUT2D eigenvalue weighted by molar-refractivity contribution is 7.99. The van der Waals surface area contributed by atoms with Crippen LogP contribution in [0.4, 0.5) is 5.00 Å². The maximum Gasteiger partial charge on any atom is 0.324 e. The summed E-state index contributed by atoms with van der Waals surface area (Å²) in [6, 6.07) is 3.81. The highest BCUT2D eigenvalue weighted by Crippen LogP contribution is 2.23. The molecule has 1 unspecified atom stereocenters. The van der Waals surface area contributed by atoms with Crippen molar-refractivity contribution >= 4 is 28.1 Å². The molecule has 1 N–H and O–H groups in total. The second kappa shape index (κ2) is 6.88. The van der Waals surface area contributed by atoms with Gasteiger partial charge in [-0.05, 0) is 18.7 Å². The van der Waals surface area contributed by atoms with Crippen LogP contribution in [-0.2, 0) is 6.54 Å². The highest BCUT2D eigenvalue weighted by atomic mass is 32.2. The van der Waals surface area contributed by atoms with Crippen molar-refractivity contribution in [1.82, 2.24) is 5.32 Å². The van der Waals surface area contributed by atoms with Gasteiger partial charge in [-0.2, -0.15) is 11.8 Å². The largest absolute Gasteiger partial charge is 0.324 e. The fraction of sp³-hybridized carbons (Fsp3) is 0.600. The van der Waals surface area contributed by atoms with Gasteiger partial charge < -0.3 is 5.32 Å². The lowest BCUT2D eigenvalue weighted by molar-refractivity contribution is -0.380. The van der Waals surface area contributed by atoms with E-state index in [0.29, 0.717) is 12.6 Å². The van der Waals surface area contributed by atoms with Gasteiger partial charge in [-0.25, -0.2) is 0 Å². The van der Waals surface area contributed by atoms with Gasteiger partial charge in [0.25, 0.3) is 0 Å². The van der Waals surface area contributed by atoms with Crippen LogP contribution in [0.5, 0.6) is 0 Å². The van der Waals surface area contributed by atoms with Crippen LogP contribution in [-0.4, -0.2) is 22.5 Å². The lowest BCUT2D eigenvalue weighted by Crippen LogP contribution is -2.27. The van der Waals surface area contributed by atoms with E-state index < -0.39 is 0 Å². The summed E-state index contributed by atoms with van der Waals surface area (Å²) in [5.41, 5.74) is 0. The van der Waals surface area contributed by atoms with Crippen molar-refractivity contribution < 1.29 is 4.92 Å². The first-order chi connectivity index (χ1) is 7.63. The van der Waals surface area contributed by atoms with Crippen LogP contribution < -0.4 is 5.32 Å². The van der Waals surface area contributed by atoms with Gasteiger partial charge in [0.2, 0.25) is 0 Å². The molecule has 16 heavy (non-hydrogen) atoms. The van der Waals surface area contributed by atoms with E-state index in [1.807, 2.05) is 17.8 Å². The Bertz CT molecular complexity index is 341. The molecule has 0 spiro atoms. The van der Waals surface area contributed by atoms with Crippen LogP contribution in [0, 0.1) is 10.1 Å². The van der Waals surface area contributed by atoms with Gasteiger partial charge in [0.1, 0.15) is 0 Å². The molecule has 0 aromatic carbocycles. The first kappa shape index (κ1) is 13.5. The average molecular weight is 260 g/mol. The Morgan fingerprint density at radius 2 is 2.38 bits per heavy atom. The van der Waals surface area contributed by atoms with E-state index in [1.165, 1.54) is 11.3 Å². The van der Waals surface area contributed by atoms with E-state index in [2.05, 4.69) is 19.2 Å². The summed E-state index contributed by atoms with van der Waals surface area (Å²) in [6.07, 6.45) is 0. The molecule has 1 rings (SSSR count). The molecule has 0 aliphatic heterocycles. The number of nitro groups is 1. The fourth-order valence-corrected chi connectivity index (χ4v) is 2.67. The molecule has 1 atom stereocenters. The molecule has 0 amide bonds. The molecule has 90 valence electrons. The zero-order chi connectivity index (χ0) is 12.0. The minimum atomic E-state index is -0.343. The molecule has 6 heteroatoms. The quantitative estimate of drug-likeness (QED) is 0.605. The fourth-order valence-electron chi connectivity index (χ4n) is 1.19. The van der Waals surface area contributed by atoms with Gasteiger partial charge in [-0.1, -0.05) is 18.3 Å². The third-order valence-electron chi connectivity index (χ3n) is 2.02. The lowest BCUT2D eigenvalue weighted by Gasteiger charge is -2.11. The number of hydrogen-bond donors (Lipinski definition) is 1. The molecule has 0 aliphatic carbocycles. The van der Waals surface area contributed by atoms with E-state index in [0.717, 1.165) is 16.4 Å². The second-order valence-electron chi connectivity index (χ2n) is 3.44. The van der Waals surface area contributed by atoms with E-state index in [1.54, 1.807) is 6.07 Å². The Hall–Kier alpha value is -0.590. The standard InChI is InChI=1S/C10H16N2O2S2/c1-3-15-7-8(2)11-6-9-4-5-10(16-9)12(13)14/h4-5,8,11H,3,6-7H2,1-2H3. The number of hydrogen-bond acceptors (Lipinski definition) is 5. The third kappa shape index (κ3) is 4.51. The van der Waals surface area contributed by atoms with Crippen molar-refractivity contribution in [3.05, 3.63) is 27.1 Å². The van der Waals surface area contributed by atoms with E-state index in [9.17, 15) is 10.1 Å². The van der Waals surface area contributed by atoms with Crippen LogP contribution in [0.15, 0.2) is 12.1 Å². The molecule has 0 aliphatic rings. The minimum absolute atomic E-state index is 0.215. The summed E-state index contributed by atoms with van der Waals surface area (Å²) in [5.74, 6) is 2.19. The Kier molecular flexibility index (Phi) is 5.79. The number of rotatable bonds is 7. The van der Waals surface area contributed by atoms with E-state index >= 15 is 0 Å². The number of thiophene rings is 1. The Labute approximate surface area is 104 Å². The van der Waals surface area contributed by atoms with Crippen LogP contribution in [0.1, 0.15) is 18.7 Å². The molecule has 0 bridgehead atoms. The second-order valence-corrected chi connectivity index (χ2v) is 5.90. The molecule has 0 saturated carbocycles. The van der Waals surface area contributed by atoms with Crippen molar-refractivity contribution in [2.75, 3.05) is 11.5 Å². The first-order valence-corrected chi connectivity index (χ1v) is 7.14. The van der Waals surface area contributed by atoms with Crippen molar-refractivity contribution in [3.63, 3.8) is 0 Å². The molecule has 0 fully saturated rings. The molecule has 4 nitrogen and oxygen atoms in total. The van der Waals surface area contributed by atoms with Crippen LogP contribution in [0.3, 0.4) is 0 Å². The summed E-state index contributed by atoms with van der Waals surface area (Å²) in [7, 11) is 0. The van der Waals surface area contributed by atoms with E-state index in [-0.39, 0.29) is 9.92 Å². The summed E-state index contributed by atoms with van der Waals surface area (Å²) >= 11 is 3.13. The predicted molar refractivity (Wildman–Crippen MR) is 70.3 cm³/mol. The first-order valence-electron chi connectivity index (χ1n) is 5.17. The van der Waals surface area contributed by atoms with Gasteiger partial charge in [0.05, 0.1) is 4.92 Å². The van der Waals surface area contributed by atoms with Gasteiger partial charge >= 0.3 is 5.00 Å². The topological polar surface area (TPSA) is 55.2 Å². The summed E-state index contributed by atoms with van der Waals surface area (Å²) in [5, 5.41) is 14.1. The van der Waals surface area contributed by atoms with Gasteiger partial charge in [0, 0.05) is 29.3 Å². The lowest BCUT2D eigenvalue weighted by atomic mass is 10.3. The Morgan fingerprint density at radius 1 is 1.62 bits per heavy atom. The normalized spacial score (nSPS) is 12.6. The molecular weight excluding hydrogens is 244 g/mol. The monoisotopic (exact) mass is 260 g/mol. The van der Waals surface area contributed by atoms with Crippen molar-refractivity contribution in [2.24, 2.45) is 0 Å².